The molecule has 0 bridgehead atoms. The van der Waals surface area contributed by atoms with Crippen molar-refractivity contribution in [1.29, 1.82) is 0 Å². The van der Waals surface area contributed by atoms with Crippen molar-refractivity contribution in [3.8, 4) is 5.95 Å². The summed E-state index contributed by atoms with van der Waals surface area (Å²) in [5, 5.41) is 13.0. The molecule has 0 atom stereocenters. The SMILES string of the molecule is Cc1[nH]n(-c2nnc3c4ccccc4n(Cc4ccccc4)c3n2)c(=O)c1Cc1ccccc1. The number of hydrogen-bond donors (Lipinski definition) is 1. The Hall–Kier alpha value is -4.52. The molecule has 0 aliphatic carbocycles. The molecule has 0 fully saturated rings. The van der Waals surface area contributed by atoms with Gasteiger partial charge in [0.05, 0.1) is 5.52 Å². The molecule has 0 aliphatic rings. The van der Waals surface area contributed by atoms with Crippen molar-refractivity contribution >= 4 is 22.1 Å². The summed E-state index contributed by atoms with van der Waals surface area (Å²) < 4.78 is 3.52. The van der Waals surface area contributed by atoms with E-state index in [2.05, 4.69) is 38.1 Å². The average Bonchev–Trinajstić information content (AvgIpc) is 3.34. The van der Waals surface area contributed by atoms with Gasteiger partial charge in [0, 0.05) is 29.6 Å². The van der Waals surface area contributed by atoms with Crippen molar-refractivity contribution < 1.29 is 0 Å². The van der Waals surface area contributed by atoms with Gasteiger partial charge in [-0.15, -0.1) is 10.2 Å². The number of nitrogens with zero attached hydrogens (tertiary/aromatic N) is 5. The molecule has 0 saturated carbocycles. The number of benzene rings is 3. The van der Waals surface area contributed by atoms with Crippen molar-refractivity contribution in [2.75, 3.05) is 0 Å². The van der Waals surface area contributed by atoms with Crippen LogP contribution >= 0.6 is 0 Å². The second kappa shape index (κ2) is 8.12. The first-order chi connectivity index (χ1) is 16.7. The first-order valence-electron chi connectivity index (χ1n) is 11.2. The minimum Gasteiger partial charge on any atom is -0.319 e. The number of rotatable bonds is 5. The van der Waals surface area contributed by atoms with E-state index in [1.807, 2.05) is 73.7 Å². The van der Waals surface area contributed by atoms with E-state index < -0.39 is 0 Å². The lowest BCUT2D eigenvalue weighted by molar-refractivity contribution is 0.747. The van der Waals surface area contributed by atoms with Crippen LogP contribution in [0.4, 0.5) is 0 Å². The molecule has 34 heavy (non-hydrogen) atoms. The number of aryl methyl sites for hydroxylation is 1. The molecule has 7 heteroatoms. The second-order valence-corrected chi connectivity index (χ2v) is 8.39. The molecule has 3 heterocycles. The van der Waals surface area contributed by atoms with E-state index in [9.17, 15) is 4.79 Å². The largest absolute Gasteiger partial charge is 0.319 e. The van der Waals surface area contributed by atoms with Gasteiger partial charge in [0.25, 0.3) is 11.5 Å². The quantitative estimate of drug-likeness (QED) is 0.425. The third-order valence-corrected chi connectivity index (χ3v) is 6.16. The summed E-state index contributed by atoms with van der Waals surface area (Å²) in [7, 11) is 0. The maximum atomic E-state index is 13.3. The molecule has 0 radical (unpaired) electrons. The van der Waals surface area contributed by atoms with Gasteiger partial charge in [-0.25, -0.2) is 0 Å². The monoisotopic (exact) mass is 446 g/mol. The van der Waals surface area contributed by atoms with Crippen molar-refractivity contribution in [2.24, 2.45) is 0 Å². The van der Waals surface area contributed by atoms with E-state index >= 15 is 0 Å². The molecule has 0 aliphatic heterocycles. The summed E-state index contributed by atoms with van der Waals surface area (Å²) >= 11 is 0. The van der Waals surface area contributed by atoms with Crippen LogP contribution in [0.1, 0.15) is 22.4 Å². The first kappa shape index (κ1) is 20.1. The Morgan fingerprint density at radius 1 is 0.824 bits per heavy atom. The summed E-state index contributed by atoms with van der Waals surface area (Å²) in [5.74, 6) is 0.233. The highest BCUT2D eigenvalue weighted by molar-refractivity contribution is 6.04. The van der Waals surface area contributed by atoms with Gasteiger partial charge in [0.15, 0.2) is 5.65 Å². The van der Waals surface area contributed by atoms with Crippen molar-refractivity contribution in [2.45, 2.75) is 19.9 Å². The number of H-pyrrole nitrogens is 1. The highest BCUT2D eigenvalue weighted by Crippen LogP contribution is 2.27. The zero-order valence-corrected chi connectivity index (χ0v) is 18.6. The molecule has 6 aromatic rings. The van der Waals surface area contributed by atoms with Crippen molar-refractivity contribution in [1.82, 2.24) is 29.5 Å². The summed E-state index contributed by atoms with van der Waals surface area (Å²) in [5.41, 5.74) is 6.00. The Morgan fingerprint density at radius 3 is 2.26 bits per heavy atom. The molecule has 6 rings (SSSR count). The third kappa shape index (κ3) is 3.38. The second-order valence-electron chi connectivity index (χ2n) is 8.39. The standard InChI is InChI=1S/C27H22N6O/c1-18-22(16-19-10-4-2-5-11-19)26(34)33(31-18)27-28-25-24(29-30-27)21-14-8-9-15-23(21)32(25)17-20-12-6-3-7-13-20/h2-15,31H,16-17H2,1H3. The fraction of sp³-hybridized carbons (Fsp3) is 0.111. The van der Waals surface area contributed by atoms with E-state index in [1.54, 1.807) is 0 Å². The topological polar surface area (TPSA) is 81.4 Å². The maximum absolute atomic E-state index is 13.3. The molecular formula is C27H22N6O. The third-order valence-electron chi connectivity index (χ3n) is 6.16. The van der Waals surface area contributed by atoms with Gasteiger partial charge in [-0.3, -0.25) is 9.89 Å². The summed E-state index contributed by atoms with van der Waals surface area (Å²) in [6.07, 6.45) is 0.541. The van der Waals surface area contributed by atoms with E-state index in [4.69, 9.17) is 4.98 Å². The molecule has 0 spiro atoms. The molecule has 3 aromatic carbocycles. The first-order valence-corrected chi connectivity index (χ1v) is 11.2. The lowest BCUT2D eigenvalue weighted by Gasteiger charge is -2.07. The Morgan fingerprint density at radius 2 is 1.50 bits per heavy atom. The Kier molecular flexibility index (Phi) is 4.80. The summed E-state index contributed by atoms with van der Waals surface area (Å²) in [6.45, 7) is 2.54. The van der Waals surface area contributed by atoms with Gasteiger partial charge >= 0.3 is 0 Å². The van der Waals surface area contributed by atoms with Gasteiger partial charge in [0.2, 0.25) is 0 Å². The normalized spacial score (nSPS) is 11.4. The summed E-state index contributed by atoms with van der Waals surface area (Å²) in [6, 6.07) is 28.3. The molecular weight excluding hydrogens is 424 g/mol. The molecule has 0 saturated heterocycles. The Balaban J connectivity index is 1.49. The number of aromatic nitrogens is 6. The Labute approximate surface area is 195 Å². The van der Waals surface area contributed by atoms with Crippen molar-refractivity contribution in [3.05, 3.63) is 118 Å². The molecule has 1 N–H and O–H groups in total. The number of aromatic amines is 1. The zero-order chi connectivity index (χ0) is 23.1. The van der Waals surface area contributed by atoms with Gasteiger partial charge in [-0.2, -0.15) is 9.67 Å². The van der Waals surface area contributed by atoms with Crippen LogP contribution in [0.3, 0.4) is 0 Å². The number of nitrogens with one attached hydrogen (secondary N) is 1. The van der Waals surface area contributed by atoms with Gasteiger partial charge in [-0.05, 0) is 24.1 Å². The van der Waals surface area contributed by atoms with Crippen LogP contribution in [-0.2, 0) is 13.0 Å². The lowest BCUT2D eigenvalue weighted by atomic mass is 10.1. The molecule has 166 valence electrons. The fourth-order valence-corrected chi connectivity index (χ4v) is 4.45. The van der Waals surface area contributed by atoms with E-state index in [-0.39, 0.29) is 11.5 Å². The van der Waals surface area contributed by atoms with Gasteiger partial charge in [0.1, 0.15) is 5.52 Å². The highest BCUT2D eigenvalue weighted by atomic mass is 16.1. The predicted octanol–water partition coefficient (Wildman–Crippen LogP) is 4.41. The number of para-hydroxylation sites is 1. The lowest BCUT2D eigenvalue weighted by Crippen LogP contribution is -2.20. The van der Waals surface area contributed by atoms with Crippen molar-refractivity contribution in [3.63, 3.8) is 0 Å². The zero-order valence-electron chi connectivity index (χ0n) is 18.6. The van der Waals surface area contributed by atoms with Crippen LogP contribution in [0.25, 0.3) is 28.0 Å². The highest BCUT2D eigenvalue weighted by Gasteiger charge is 2.19. The van der Waals surface area contributed by atoms with Crippen LogP contribution in [0.15, 0.2) is 89.7 Å². The van der Waals surface area contributed by atoms with Gasteiger partial charge in [-0.1, -0.05) is 78.9 Å². The van der Waals surface area contributed by atoms with Crippen LogP contribution in [0, 0.1) is 6.92 Å². The van der Waals surface area contributed by atoms with Crippen LogP contribution in [-0.4, -0.2) is 29.5 Å². The predicted molar refractivity (Wildman–Crippen MR) is 132 cm³/mol. The number of hydrogen-bond acceptors (Lipinski definition) is 4. The molecule has 0 amide bonds. The fourth-order valence-electron chi connectivity index (χ4n) is 4.45. The minimum atomic E-state index is -0.159. The van der Waals surface area contributed by atoms with Crippen LogP contribution in [0.2, 0.25) is 0 Å². The maximum Gasteiger partial charge on any atom is 0.277 e. The molecule has 3 aromatic heterocycles. The average molecular weight is 447 g/mol. The smallest absolute Gasteiger partial charge is 0.277 e. The molecule has 7 nitrogen and oxygen atoms in total. The summed E-state index contributed by atoms with van der Waals surface area (Å²) in [4.78, 5) is 18.1. The Bertz CT molecular complexity index is 1680. The molecule has 0 unspecified atom stereocenters. The van der Waals surface area contributed by atoms with Gasteiger partial charge < -0.3 is 4.57 Å². The van der Waals surface area contributed by atoms with Crippen LogP contribution < -0.4 is 5.56 Å². The van der Waals surface area contributed by atoms with E-state index in [1.165, 1.54) is 4.68 Å². The van der Waals surface area contributed by atoms with Crippen LogP contribution in [0.5, 0.6) is 0 Å². The van der Waals surface area contributed by atoms with E-state index in [0.29, 0.717) is 24.2 Å². The number of fused-ring (bicyclic) bond motifs is 3. The van der Waals surface area contributed by atoms with E-state index in [0.717, 1.165) is 33.2 Å². The minimum absolute atomic E-state index is 0.159.